The van der Waals surface area contributed by atoms with E-state index in [1.54, 1.807) is 0 Å². The molecule has 2 rings (SSSR count). The highest BCUT2D eigenvalue weighted by Gasteiger charge is 2.12. The molecule has 152 valence electrons. The lowest BCUT2D eigenvalue weighted by Gasteiger charge is -2.22. The number of halogens is 1. The van der Waals surface area contributed by atoms with Gasteiger partial charge in [-0.15, -0.1) is 0 Å². The van der Waals surface area contributed by atoms with E-state index in [2.05, 4.69) is 29.0 Å². The van der Waals surface area contributed by atoms with Crippen LogP contribution in [0.3, 0.4) is 0 Å². The summed E-state index contributed by atoms with van der Waals surface area (Å²) in [7, 11) is 0. The highest BCUT2D eigenvalue weighted by atomic mass is 35.5. The number of aromatic nitrogens is 2. The summed E-state index contributed by atoms with van der Waals surface area (Å²) in [6.45, 7) is 10.1. The highest BCUT2D eigenvalue weighted by molar-refractivity contribution is 7.98. The molecule has 1 heterocycles. The smallest absolute Gasteiger partial charge is 0.251 e. The van der Waals surface area contributed by atoms with Crippen molar-refractivity contribution in [1.29, 1.82) is 0 Å². The van der Waals surface area contributed by atoms with Gasteiger partial charge in [-0.3, -0.25) is 4.79 Å². The van der Waals surface area contributed by atoms with E-state index in [1.807, 2.05) is 44.2 Å². The first-order valence-electron chi connectivity index (χ1n) is 9.75. The van der Waals surface area contributed by atoms with Crippen LogP contribution in [0.5, 0.6) is 0 Å². The van der Waals surface area contributed by atoms with E-state index < -0.39 is 0 Å². The number of amides is 1. The third kappa shape index (κ3) is 6.99. The second-order valence-electron chi connectivity index (χ2n) is 6.94. The Hall–Kier alpha value is -1.79. The van der Waals surface area contributed by atoms with Crippen LogP contribution in [0, 0.1) is 0 Å². The normalized spacial score (nSPS) is 10.9. The first kappa shape index (κ1) is 22.5. The van der Waals surface area contributed by atoms with Crippen LogP contribution in [0.1, 0.15) is 56.5 Å². The molecule has 1 amide bonds. The van der Waals surface area contributed by atoms with Gasteiger partial charge < -0.3 is 10.2 Å². The maximum atomic E-state index is 12.2. The zero-order valence-electron chi connectivity index (χ0n) is 17.0. The monoisotopic (exact) mass is 420 g/mol. The maximum Gasteiger partial charge on any atom is 0.251 e. The molecule has 0 saturated carbocycles. The Kier molecular flexibility index (Phi) is 9.06. The third-order valence-corrected chi connectivity index (χ3v) is 5.06. The molecule has 2 aromatic rings. The Bertz CT molecular complexity index is 779. The van der Waals surface area contributed by atoms with Gasteiger partial charge in [0.25, 0.3) is 5.91 Å². The molecule has 0 aliphatic rings. The van der Waals surface area contributed by atoms with E-state index in [4.69, 9.17) is 16.6 Å². The molecule has 0 bridgehead atoms. The predicted octanol–water partition coefficient (Wildman–Crippen LogP) is 5.19. The third-order valence-electron chi connectivity index (χ3n) is 3.95. The summed E-state index contributed by atoms with van der Waals surface area (Å²) in [5.74, 6) is 1.48. The quantitative estimate of drug-likeness (QED) is 0.325. The van der Waals surface area contributed by atoms with Gasteiger partial charge in [-0.05, 0) is 44.4 Å². The van der Waals surface area contributed by atoms with Crippen molar-refractivity contribution in [3.05, 3.63) is 46.6 Å². The largest absolute Gasteiger partial charge is 0.356 e. The molecule has 7 heteroatoms. The van der Waals surface area contributed by atoms with Crippen molar-refractivity contribution in [3.63, 3.8) is 0 Å². The van der Waals surface area contributed by atoms with E-state index in [1.165, 1.54) is 11.8 Å². The van der Waals surface area contributed by atoms with Crippen molar-refractivity contribution in [3.8, 4) is 0 Å². The molecular formula is C21H29ClN4OS. The minimum absolute atomic E-state index is 0.0575. The average molecular weight is 421 g/mol. The Balaban J connectivity index is 2.11. The van der Waals surface area contributed by atoms with Crippen molar-refractivity contribution in [2.45, 2.75) is 57.5 Å². The Labute approximate surface area is 177 Å². The van der Waals surface area contributed by atoms with E-state index >= 15 is 0 Å². The van der Waals surface area contributed by atoms with Gasteiger partial charge in [-0.1, -0.05) is 49.3 Å². The van der Waals surface area contributed by atoms with Gasteiger partial charge in [-0.25, -0.2) is 9.97 Å². The van der Waals surface area contributed by atoms with Crippen LogP contribution in [0.4, 0.5) is 5.82 Å². The van der Waals surface area contributed by atoms with Gasteiger partial charge in [0.2, 0.25) is 0 Å². The lowest BCUT2D eigenvalue weighted by molar-refractivity contribution is 0.0943. The molecule has 0 fully saturated rings. The number of carbonyl (C=O) groups is 1. The molecule has 0 unspecified atom stereocenters. The number of thioether (sulfide) groups is 1. The zero-order chi connectivity index (χ0) is 20.5. The molecule has 0 aliphatic carbocycles. The van der Waals surface area contributed by atoms with Crippen LogP contribution in [-0.4, -0.2) is 35.0 Å². The minimum Gasteiger partial charge on any atom is -0.356 e. The fraction of sp³-hybridized carbons (Fsp3) is 0.476. The number of anilines is 1. The summed E-state index contributed by atoms with van der Waals surface area (Å²) in [6.07, 6.45) is 2.10. The predicted molar refractivity (Wildman–Crippen MR) is 118 cm³/mol. The van der Waals surface area contributed by atoms with Gasteiger partial charge in [0.05, 0.1) is 0 Å². The molecule has 0 atom stereocenters. The van der Waals surface area contributed by atoms with Crippen LogP contribution >= 0.6 is 23.4 Å². The molecule has 0 aliphatic heterocycles. The number of hydrogen-bond acceptors (Lipinski definition) is 5. The summed E-state index contributed by atoms with van der Waals surface area (Å²) < 4.78 is 0. The summed E-state index contributed by atoms with van der Waals surface area (Å²) >= 11 is 7.77. The Morgan fingerprint density at radius 2 is 1.89 bits per heavy atom. The van der Waals surface area contributed by atoms with E-state index in [9.17, 15) is 4.79 Å². The molecule has 0 saturated heterocycles. The standard InChI is InChI=1S/C21H29ClN4OS/c1-5-10-26(11-6-2)19-13-18(22)24-21(25-19)28-14-16-8-7-9-17(12-16)20(27)23-15(3)4/h7-9,12-13,15H,5-6,10-11,14H2,1-4H3,(H,23,27). The number of benzene rings is 1. The highest BCUT2D eigenvalue weighted by Crippen LogP contribution is 2.25. The average Bonchev–Trinajstić information content (AvgIpc) is 2.65. The number of carbonyl (C=O) groups excluding carboxylic acids is 1. The SMILES string of the molecule is CCCN(CCC)c1cc(Cl)nc(SCc2cccc(C(=O)NC(C)C)c2)n1. The number of hydrogen-bond donors (Lipinski definition) is 1. The number of nitrogens with one attached hydrogen (secondary N) is 1. The summed E-state index contributed by atoms with van der Waals surface area (Å²) in [6, 6.07) is 9.58. The van der Waals surface area contributed by atoms with Gasteiger partial charge in [0, 0.05) is 36.5 Å². The Morgan fingerprint density at radius 1 is 1.18 bits per heavy atom. The minimum atomic E-state index is -0.0575. The van der Waals surface area contributed by atoms with Crippen molar-refractivity contribution in [2.75, 3.05) is 18.0 Å². The summed E-state index contributed by atoms with van der Waals surface area (Å²) in [5, 5.41) is 4.02. The van der Waals surface area contributed by atoms with Crippen LogP contribution in [-0.2, 0) is 5.75 Å². The van der Waals surface area contributed by atoms with Crippen LogP contribution < -0.4 is 10.2 Å². The van der Waals surface area contributed by atoms with Crippen molar-refractivity contribution >= 4 is 35.1 Å². The summed E-state index contributed by atoms with van der Waals surface area (Å²) in [4.78, 5) is 23.5. The first-order chi connectivity index (χ1) is 13.4. The Morgan fingerprint density at radius 3 is 2.54 bits per heavy atom. The molecular weight excluding hydrogens is 392 g/mol. The van der Waals surface area contributed by atoms with Gasteiger partial charge >= 0.3 is 0 Å². The van der Waals surface area contributed by atoms with Crippen LogP contribution in [0.25, 0.3) is 0 Å². The lowest BCUT2D eigenvalue weighted by Crippen LogP contribution is -2.30. The lowest BCUT2D eigenvalue weighted by atomic mass is 10.1. The van der Waals surface area contributed by atoms with E-state index in [0.717, 1.165) is 37.3 Å². The second kappa shape index (κ2) is 11.3. The number of nitrogens with zero attached hydrogens (tertiary/aromatic N) is 3. The molecule has 1 N–H and O–H groups in total. The van der Waals surface area contributed by atoms with Gasteiger partial charge in [0.15, 0.2) is 5.16 Å². The van der Waals surface area contributed by atoms with E-state index in [0.29, 0.717) is 21.6 Å². The first-order valence-corrected chi connectivity index (χ1v) is 11.1. The maximum absolute atomic E-state index is 12.2. The number of rotatable bonds is 10. The van der Waals surface area contributed by atoms with Crippen molar-refractivity contribution in [2.24, 2.45) is 0 Å². The van der Waals surface area contributed by atoms with Crippen LogP contribution in [0.15, 0.2) is 35.5 Å². The van der Waals surface area contributed by atoms with Crippen molar-refractivity contribution in [1.82, 2.24) is 15.3 Å². The molecule has 0 radical (unpaired) electrons. The van der Waals surface area contributed by atoms with Crippen LogP contribution in [0.2, 0.25) is 5.15 Å². The van der Waals surface area contributed by atoms with Crippen molar-refractivity contribution < 1.29 is 4.79 Å². The molecule has 1 aromatic carbocycles. The fourth-order valence-electron chi connectivity index (χ4n) is 2.79. The molecule has 0 spiro atoms. The molecule has 5 nitrogen and oxygen atoms in total. The van der Waals surface area contributed by atoms with Gasteiger partial charge in [-0.2, -0.15) is 0 Å². The summed E-state index contributed by atoms with van der Waals surface area (Å²) in [5.41, 5.74) is 1.71. The van der Waals surface area contributed by atoms with Gasteiger partial charge in [0.1, 0.15) is 11.0 Å². The molecule has 1 aromatic heterocycles. The molecule has 28 heavy (non-hydrogen) atoms. The topological polar surface area (TPSA) is 58.1 Å². The zero-order valence-corrected chi connectivity index (χ0v) is 18.6. The fourth-order valence-corrected chi connectivity index (χ4v) is 3.81. The second-order valence-corrected chi connectivity index (χ2v) is 8.27. The van der Waals surface area contributed by atoms with E-state index in [-0.39, 0.29) is 11.9 Å².